The van der Waals surface area contributed by atoms with E-state index in [9.17, 15) is 14.7 Å². The van der Waals surface area contributed by atoms with Gasteiger partial charge in [-0.15, -0.1) is 0 Å². The summed E-state index contributed by atoms with van der Waals surface area (Å²) in [6.45, 7) is 3.82. The van der Waals surface area contributed by atoms with Crippen molar-refractivity contribution >= 4 is 11.9 Å². The van der Waals surface area contributed by atoms with E-state index in [4.69, 9.17) is 4.74 Å². The molecule has 0 spiro atoms. The number of nitrogens with one attached hydrogen (secondary N) is 1. The molecule has 2 rings (SSSR count). The second kappa shape index (κ2) is 8.15. The minimum Gasteiger partial charge on any atom is -0.491 e. The monoisotopic (exact) mass is 327 g/mol. The van der Waals surface area contributed by atoms with Gasteiger partial charge in [0, 0.05) is 5.56 Å². The van der Waals surface area contributed by atoms with Crippen LogP contribution in [-0.2, 0) is 16.0 Å². The number of hydrogen-bond donors (Lipinski definition) is 2. The third kappa shape index (κ3) is 4.84. The van der Waals surface area contributed by atoms with Gasteiger partial charge in [-0.2, -0.15) is 0 Å². The number of carboxylic acid groups (broad SMARTS) is 1. The highest BCUT2D eigenvalue weighted by Gasteiger charge is 2.22. The maximum Gasteiger partial charge on any atom is 0.330 e. The normalized spacial score (nSPS) is 11.8. The molecule has 24 heavy (non-hydrogen) atoms. The predicted octanol–water partition coefficient (Wildman–Crippen LogP) is 2.96. The second-order valence-electron chi connectivity index (χ2n) is 5.70. The Morgan fingerprint density at radius 1 is 1.04 bits per heavy atom. The molecule has 0 aromatic heterocycles. The number of hydrogen-bond acceptors (Lipinski definition) is 3. The summed E-state index contributed by atoms with van der Waals surface area (Å²) >= 11 is 0. The zero-order valence-electron chi connectivity index (χ0n) is 13.7. The molecule has 5 heteroatoms. The zero-order chi connectivity index (χ0) is 17.5. The van der Waals surface area contributed by atoms with Crippen molar-refractivity contribution < 1.29 is 19.4 Å². The van der Waals surface area contributed by atoms with Gasteiger partial charge < -0.3 is 15.2 Å². The molecule has 0 aliphatic carbocycles. The molecule has 1 atom stereocenters. The SMILES string of the molecule is CC(C)Oc1ccccc1CC(=O)NC(C(=O)O)c1ccccc1. The minimum absolute atomic E-state index is 0.00898. The van der Waals surface area contributed by atoms with E-state index in [1.54, 1.807) is 42.5 Å². The smallest absolute Gasteiger partial charge is 0.330 e. The molecular weight excluding hydrogens is 306 g/mol. The lowest BCUT2D eigenvalue weighted by Gasteiger charge is -2.17. The summed E-state index contributed by atoms with van der Waals surface area (Å²) in [5.41, 5.74) is 1.26. The lowest BCUT2D eigenvalue weighted by atomic mass is 10.1. The van der Waals surface area contributed by atoms with E-state index in [0.29, 0.717) is 11.3 Å². The number of carbonyl (C=O) groups is 2. The molecule has 2 N–H and O–H groups in total. The van der Waals surface area contributed by atoms with Crippen LogP contribution in [0, 0.1) is 0 Å². The fraction of sp³-hybridized carbons (Fsp3) is 0.263. The fourth-order valence-electron chi connectivity index (χ4n) is 2.34. The molecule has 2 aromatic carbocycles. The Balaban J connectivity index is 2.11. The van der Waals surface area contributed by atoms with Crippen molar-refractivity contribution in [1.82, 2.24) is 5.32 Å². The van der Waals surface area contributed by atoms with Crippen molar-refractivity contribution in [3.63, 3.8) is 0 Å². The molecule has 1 unspecified atom stereocenters. The number of rotatable bonds is 7. The Hall–Kier alpha value is -2.82. The van der Waals surface area contributed by atoms with Gasteiger partial charge in [-0.05, 0) is 25.5 Å². The Bertz CT molecular complexity index is 698. The highest BCUT2D eigenvalue weighted by molar-refractivity contribution is 5.86. The van der Waals surface area contributed by atoms with E-state index in [1.807, 2.05) is 26.0 Å². The lowest BCUT2D eigenvalue weighted by molar-refractivity contribution is -0.141. The Labute approximate surface area is 141 Å². The van der Waals surface area contributed by atoms with E-state index in [-0.39, 0.29) is 18.4 Å². The van der Waals surface area contributed by atoms with Gasteiger partial charge in [0.1, 0.15) is 5.75 Å². The minimum atomic E-state index is -1.10. The van der Waals surface area contributed by atoms with Crippen molar-refractivity contribution in [3.8, 4) is 5.75 Å². The van der Waals surface area contributed by atoms with E-state index in [2.05, 4.69) is 5.32 Å². The van der Waals surface area contributed by atoms with Gasteiger partial charge in [-0.3, -0.25) is 4.79 Å². The first-order valence-corrected chi connectivity index (χ1v) is 7.79. The first-order valence-electron chi connectivity index (χ1n) is 7.79. The van der Waals surface area contributed by atoms with Crippen LogP contribution in [0.2, 0.25) is 0 Å². The lowest BCUT2D eigenvalue weighted by Crippen LogP contribution is -2.34. The van der Waals surface area contributed by atoms with Crippen molar-refractivity contribution in [2.75, 3.05) is 0 Å². The summed E-state index contributed by atoms with van der Waals surface area (Å²) in [4.78, 5) is 23.8. The largest absolute Gasteiger partial charge is 0.491 e. The molecule has 0 fully saturated rings. The predicted molar refractivity (Wildman–Crippen MR) is 90.9 cm³/mol. The summed E-state index contributed by atoms with van der Waals surface area (Å²) in [7, 11) is 0. The molecule has 0 heterocycles. The number of ether oxygens (including phenoxy) is 1. The Morgan fingerprint density at radius 2 is 1.67 bits per heavy atom. The van der Waals surface area contributed by atoms with Crippen molar-refractivity contribution in [1.29, 1.82) is 0 Å². The second-order valence-corrected chi connectivity index (χ2v) is 5.70. The third-order valence-corrected chi connectivity index (χ3v) is 3.37. The van der Waals surface area contributed by atoms with Crippen LogP contribution in [0.25, 0.3) is 0 Å². The van der Waals surface area contributed by atoms with Crippen LogP contribution in [0.1, 0.15) is 31.0 Å². The molecule has 0 saturated carbocycles. The van der Waals surface area contributed by atoms with Gasteiger partial charge in [0.05, 0.1) is 12.5 Å². The number of para-hydroxylation sites is 1. The standard InChI is InChI=1S/C19H21NO4/c1-13(2)24-16-11-7-6-10-15(16)12-17(21)20-18(19(22)23)14-8-4-3-5-9-14/h3-11,13,18H,12H2,1-2H3,(H,20,21)(H,22,23). The van der Waals surface area contributed by atoms with Crippen molar-refractivity contribution in [2.24, 2.45) is 0 Å². The summed E-state index contributed by atoms with van der Waals surface area (Å²) in [5.74, 6) is -0.832. The van der Waals surface area contributed by atoms with Crippen molar-refractivity contribution in [3.05, 3.63) is 65.7 Å². The van der Waals surface area contributed by atoms with Gasteiger partial charge >= 0.3 is 5.97 Å². The zero-order valence-corrected chi connectivity index (χ0v) is 13.7. The quantitative estimate of drug-likeness (QED) is 0.820. The Morgan fingerprint density at radius 3 is 2.29 bits per heavy atom. The van der Waals surface area contributed by atoms with E-state index in [0.717, 1.165) is 5.56 Å². The van der Waals surface area contributed by atoms with E-state index >= 15 is 0 Å². The van der Waals surface area contributed by atoms with E-state index < -0.39 is 12.0 Å². The van der Waals surface area contributed by atoms with Crippen LogP contribution in [0.4, 0.5) is 0 Å². The molecule has 0 saturated heterocycles. The molecule has 0 aliphatic rings. The van der Waals surface area contributed by atoms with Crippen molar-refractivity contribution in [2.45, 2.75) is 32.4 Å². The summed E-state index contributed by atoms with van der Waals surface area (Å²) in [5, 5.41) is 11.9. The number of carbonyl (C=O) groups excluding carboxylic acids is 1. The van der Waals surface area contributed by atoms with Crippen LogP contribution in [-0.4, -0.2) is 23.1 Å². The molecule has 1 amide bonds. The average molecular weight is 327 g/mol. The molecule has 0 radical (unpaired) electrons. The van der Waals surface area contributed by atoms with Gasteiger partial charge in [0.25, 0.3) is 0 Å². The van der Waals surface area contributed by atoms with Crippen LogP contribution >= 0.6 is 0 Å². The van der Waals surface area contributed by atoms with Crippen LogP contribution in [0.5, 0.6) is 5.75 Å². The maximum atomic E-state index is 12.3. The van der Waals surface area contributed by atoms with Crippen LogP contribution in [0.3, 0.4) is 0 Å². The molecule has 0 aliphatic heterocycles. The number of amides is 1. The Kier molecular flexibility index (Phi) is 5.95. The third-order valence-electron chi connectivity index (χ3n) is 3.37. The summed E-state index contributed by atoms with van der Waals surface area (Å²) in [6.07, 6.45) is 0.0461. The van der Waals surface area contributed by atoms with Crippen LogP contribution in [0.15, 0.2) is 54.6 Å². The topological polar surface area (TPSA) is 75.6 Å². The van der Waals surface area contributed by atoms with Gasteiger partial charge in [0.15, 0.2) is 6.04 Å². The molecule has 126 valence electrons. The average Bonchev–Trinajstić information content (AvgIpc) is 2.54. The number of carboxylic acids is 1. The molecule has 5 nitrogen and oxygen atoms in total. The molecule has 2 aromatic rings. The first-order chi connectivity index (χ1) is 11.5. The molecule has 0 bridgehead atoms. The first kappa shape index (κ1) is 17.5. The van der Waals surface area contributed by atoms with E-state index in [1.165, 1.54) is 0 Å². The summed E-state index contributed by atoms with van der Waals surface area (Å²) in [6, 6.07) is 14.8. The molecular formula is C19H21NO4. The fourth-order valence-corrected chi connectivity index (χ4v) is 2.34. The number of benzene rings is 2. The highest BCUT2D eigenvalue weighted by atomic mass is 16.5. The summed E-state index contributed by atoms with van der Waals surface area (Å²) < 4.78 is 5.69. The maximum absolute atomic E-state index is 12.3. The van der Waals surface area contributed by atoms with Crippen LogP contribution < -0.4 is 10.1 Å². The van der Waals surface area contributed by atoms with Gasteiger partial charge in [-0.25, -0.2) is 4.79 Å². The highest BCUT2D eigenvalue weighted by Crippen LogP contribution is 2.20. The van der Waals surface area contributed by atoms with Gasteiger partial charge in [-0.1, -0.05) is 48.5 Å². The number of aliphatic carboxylic acids is 1. The van der Waals surface area contributed by atoms with Gasteiger partial charge in [0.2, 0.25) is 5.91 Å².